The number of hydrogen-bond acceptors (Lipinski definition) is 7. The quantitative estimate of drug-likeness (QED) is 0.422. The number of carbonyl (C=O) groups is 2. The van der Waals surface area contributed by atoms with Crippen molar-refractivity contribution in [2.45, 2.75) is 17.0 Å². The summed E-state index contributed by atoms with van der Waals surface area (Å²) in [5, 5.41) is 4.79. The standard InChI is InChI=1S/C24H24F2N4O3S2/c25-19-6-1-15(9-20(19)26)11-30-7-8-33-18(12-30)10-28-22(31)14-35-24-29-21(13-34-24)16-2-4-17(5-3-16)23(27)32/h1-6,9,13,18H,7-8,10-12,14H2,(H2,27,32)(H,28,31). The van der Waals surface area contributed by atoms with E-state index in [4.69, 9.17) is 10.5 Å². The Kier molecular flexibility index (Phi) is 8.45. The molecule has 0 radical (unpaired) electrons. The Morgan fingerprint density at radius 3 is 2.74 bits per heavy atom. The van der Waals surface area contributed by atoms with Crippen molar-refractivity contribution >= 4 is 34.9 Å². The highest BCUT2D eigenvalue weighted by Crippen LogP contribution is 2.28. The molecule has 1 saturated heterocycles. The van der Waals surface area contributed by atoms with Gasteiger partial charge in [0.05, 0.1) is 24.2 Å². The first kappa shape index (κ1) is 25.2. The number of nitrogens with two attached hydrogens (primary N) is 1. The maximum absolute atomic E-state index is 13.5. The van der Waals surface area contributed by atoms with Crippen LogP contribution in [-0.4, -0.2) is 59.8 Å². The summed E-state index contributed by atoms with van der Waals surface area (Å²) >= 11 is 2.79. The molecular weight excluding hydrogens is 494 g/mol. The highest BCUT2D eigenvalue weighted by atomic mass is 32.2. The molecule has 1 aromatic heterocycles. The lowest BCUT2D eigenvalue weighted by Crippen LogP contribution is -2.47. The summed E-state index contributed by atoms with van der Waals surface area (Å²) in [6.07, 6.45) is -0.183. The van der Waals surface area contributed by atoms with Crippen molar-refractivity contribution in [2.75, 3.05) is 32.0 Å². The number of thioether (sulfide) groups is 1. The van der Waals surface area contributed by atoms with Gasteiger partial charge in [-0.05, 0) is 29.8 Å². The highest BCUT2D eigenvalue weighted by Gasteiger charge is 2.21. The molecule has 184 valence electrons. The molecule has 2 heterocycles. The first-order valence-corrected chi connectivity index (χ1v) is 12.8. The van der Waals surface area contributed by atoms with Gasteiger partial charge in [0, 0.05) is 42.7 Å². The molecule has 1 fully saturated rings. The van der Waals surface area contributed by atoms with Crippen LogP contribution in [0.2, 0.25) is 0 Å². The second kappa shape index (κ2) is 11.7. The first-order chi connectivity index (χ1) is 16.9. The first-order valence-electron chi connectivity index (χ1n) is 10.9. The van der Waals surface area contributed by atoms with E-state index in [0.29, 0.717) is 43.9 Å². The highest BCUT2D eigenvalue weighted by molar-refractivity contribution is 8.01. The summed E-state index contributed by atoms with van der Waals surface area (Å²) < 4.78 is 33.1. The molecule has 1 unspecified atom stereocenters. The van der Waals surface area contributed by atoms with Gasteiger partial charge in [0.1, 0.15) is 0 Å². The molecule has 0 bridgehead atoms. The van der Waals surface area contributed by atoms with Crippen molar-refractivity contribution in [1.82, 2.24) is 15.2 Å². The van der Waals surface area contributed by atoms with E-state index in [9.17, 15) is 18.4 Å². The van der Waals surface area contributed by atoms with Gasteiger partial charge in [-0.25, -0.2) is 13.8 Å². The molecule has 0 spiro atoms. The predicted octanol–water partition coefficient (Wildman–Crippen LogP) is 3.30. The van der Waals surface area contributed by atoms with Gasteiger partial charge in [-0.1, -0.05) is 30.0 Å². The van der Waals surface area contributed by atoms with Crippen LogP contribution in [0.4, 0.5) is 8.78 Å². The van der Waals surface area contributed by atoms with Crippen molar-refractivity contribution < 1.29 is 23.1 Å². The third kappa shape index (κ3) is 7.07. The zero-order valence-electron chi connectivity index (χ0n) is 18.7. The number of benzene rings is 2. The Bertz CT molecular complexity index is 1190. The lowest BCUT2D eigenvalue weighted by Gasteiger charge is -2.33. The number of aromatic nitrogens is 1. The fraction of sp³-hybridized carbons (Fsp3) is 0.292. The number of rotatable bonds is 9. The minimum absolute atomic E-state index is 0.126. The number of carbonyl (C=O) groups excluding carboxylic acids is 2. The number of hydrogen-bond donors (Lipinski definition) is 2. The van der Waals surface area contributed by atoms with Gasteiger partial charge in [-0.15, -0.1) is 11.3 Å². The van der Waals surface area contributed by atoms with Crippen molar-refractivity contribution in [3.8, 4) is 11.3 Å². The average molecular weight is 519 g/mol. The van der Waals surface area contributed by atoms with E-state index in [2.05, 4.69) is 15.2 Å². The zero-order valence-corrected chi connectivity index (χ0v) is 20.3. The van der Waals surface area contributed by atoms with Gasteiger partial charge in [-0.3, -0.25) is 14.5 Å². The van der Waals surface area contributed by atoms with E-state index >= 15 is 0 Å². The Morgan fingerprint density at radius 1 is 1.20 bits per heavy atom. The van der Waals surface area contributed by atoms with Gasteiger partial charge in [0.25, 0.3) is 0 Å². The van der Waals surface area contributed by atoms with Crippen LogP contribution >= 0.6 is 23.1 Å². The second-order valence-corrected chi connectivity index (χ2v) is 10.1. The summed E-state index contributed by atoms with van der Waals surface area (Å²) in [5.41, 5.74) is 8.03. The summed E-state index contributed by atoms with van der Waals surface area (Å²) in [7, 11) is 0. The predicted molar refractivity (Wildman–Crippen MR) is 131 cm³/mol. The normalized spacial score (nSPS) is 16.2. The minimum Gasteiger partial charge on any atom is -0.374 e. The van der Waals surface area contributed by atoms with Crippen LogP contribution in [0, 0.1) is 11.6 Å². The zero-order chi connectivity index (χ0) is 24.8. The molecule has 2 amide bonds. The summed E-state index contributed by atoms with van der Waals surface area (Å²) in [5.74, 6) is -2.10. The fourth-order valence-electron chi connectivity index (χ4n) is 3.61. The minimum atomic E-state index is -0.859. The Hall–Kier alpha value is -2.86. The molecule has 7 nitrogen and oxygen atoms in total. The molecule has 3 aromatic rings. The molecule has 0 aliphatic carbocycles. The Balaban J connectivity index is 1.20. The molecule has 0 saturated carbocycles. The van der Waals surface area contributed by atoms with Crippen LogP contribution in [-0.2, 0) is 16.1 Å². The van der Waals surface area contributed by atoms with E-state index in [0.717, 1.165) is 21.7 Å². The molecule has 2 aromatic carbocycles. The molecule has 11 heteroatoms. The number of halogens is 2. The van der Waals surface area contributed by atoms with Gasteiger partial charge >= 0.3 is 0 Å². The summed E-state index contributed by atoms with van der Waals surface area (Å²) in [6, 6.07) is 10.8. The number of amides is 2. The monoisotopic (exact) mass is 518 g/mol. The van der Waals surface area contributed by atoms with Crippen molar-refractivity contribution in [1.29, 1.82) is 0 Å². The van der Waals surface area contributed by atoms with Crippen molar-refractivity contribution in [2.24, 2.45) is 5.73 Å². The largest absolute Gasteiger partial charge is 0.374 e. The number of ether oxygens (including phenoxy) is 1. The van der Waals surface area contributed by atoms with Crippen LogP contribution < -0.4 is 11.1 Å². The fourth-order valence-corrected chi connectivity index (χ4v) is 5.28. The van der Waals surface area contributed by atoms with E-state index < -0.39 is 17.5 Å². The van der Waals surface area contributed by atoms with Gasteiger partial charge < -0.3 is 15.8 Å². The molecule has 1 aliphatic rings. The molecule has 1 aliphatic heterocycles. The third-order valence-corrected chi connectivity index (χ3v) is 7.44. The third-order valence-electron chi connectivity index (χ3n) is 5.42. The van der Waals surface area contributed by atoms with E-state index in [1.54, 1.807) is 30.3 Å². The van der Waals surface area contributed by atoms with Crippen LogP contribution in [0.15, 0.2) is 52.2 Å². The van der Waals surface area contributed by atoms with Crippen molar-refractivity contribution in [3.63, 3.8) is 0 Å². The van der Waals surface area contributed by atoms with E-state index in [1.165, 1.54) is 29.2 Å². The number of nitrogens with zero attached hydrogens (tertiary/aromatic N) is 2. The number of primary amides is 1. The van der Waals surface area contributed by atoms with Gasteiger partial charge in [-0.2, -0.15) is 0 Å². The summed E-state index contributed by atoms with van der Waals surface area (Å²) in [6.45, 7) is 2.61. The molecule has 4 rings (SSSR count). The topological polar surface area (TPSA) is 97.5 Å². The Labute approximate surface area is 209 Å². The summed E-state index contributed by atoms with van der Waals surface area (Å²) in [4.78, 5) is 30.2. The second-order valence-electron chi connectivity index (χ2n) is 8.01. The van der Waals surface area contributed by atoms with Crippen LogP contribution in [0.1, 0.15) is 15.9 Å². The smallest absolute Gasteiger partial charge is 0.248 e. The van der Waals surface area contributed by atoms with Crippen molar-refractivity contribution in [3.05, 3.63) is 70.6 Å². The lowest BCUT2D eigenvalue weighted by molar-refractivity contribution is -0.119. The SMILES string of the molecule is NC(=O)c1ccc(-c2csc(SCC(=O)NCC3CN(Cc4ccc(F)c(F)c4)CCO3)n2)cc1. The number of morpholine rings is 1. The molecule has 3 N–H and O–H groups in total. The van der Waals surface area contributed by atoms with Gasteiger partial charge in [0.2, 0.25) is 11.8 Å². The molecular formula is C24H24F2N4O3S2. The van der Waals surface area contributed by atoms with E-state index in [1.807, 2.05) is 5.38 Å². The maximum Gasteiger partial charge on any atom is 0.248 e. The Morgan fingerprint density at radius 2 is 2.00 bits per heavy atom. The van der Waals surface area contributed by atoms with E-state index in [-0.39, 0.29) is 17.8 Å². The average Bonchev–Trinajstić information content (AvgIpc) is 3.33. The van der Waals surface area contributed by atoms with Gasteiger partial charge in [0.15, 0.2) is 16.0 Å². The number of nitrogens with one attached hydrogen (secondary N) is 1. The lowest BCUT2D eigenvalue weighted by atomic mass is 10.1. The van der Waals surface area contributed by atoms with Crippen LogP contribution in [0.5, 0.6) is 0 Å². The van der Waals surface area contributed by atoms with Crippen LogP contribution in [0.3, 0.4) is 0 Å². The maximum atomic E-state index is 13.5. The van der Waals surface area contributed by atoms with Crippen LogP contribution in [0.25, 0.3) is 11.3 Å². The molecule has 1 atom stereocenters. The molecule has 35 heavy (non-hydrogen) atoms. The number of thiazole rings is 1.